The molecular formula is C13H20N2O3S2. The van der Waals surface area contributed by atoms with E-state index in [0.717, 1.165) is 35.7 Å². The van der Waals surface area contributed by atoms with Crippen LogP contribution >= 0.6 is 11.3 Å². The predicted molar refractivity (Wildman–Crippen MR) is 78.9 cm³/mol. The largest absolute Gasteiger partial charge is 0.342 e. The number of hydrogen-bond acceptors (Lipinski definition) is 4. The van der Waals surface area contributed by atoms with Gasteiger partial charge in [0.2, 0.25) is 15.9 Å². The van der Waals surface area contributed by atoms with Gasteiger partial charge in [0.05, 0.1) is 6.42 Å². The molecule has 2 rings (SSSR count). The zero-order chi connectivity index (χ0) is 14.9. The Bertz CT molecular complexity index is 595. The molecular weight excluding hydrogens is 296 g/mol. The Morgan fingerprint density at radius 2 is 2.10 bits per heavy atom. The van der Waals surface area contributed by atoms with Gasteiger partial charge in [-0.25, -0.2) is 13.6 Å². The van der Waals surface area contributed by atoms with Crippen LogP contribution in [0.1, 0.15) is 25.1 Å². The summed E-state index contributed by atoms with van der Waals surface area (Å²) in [5.41, 5.74) is 0. The van der Waals surface area contributed by atoms with Gasteiger partial charge in [-0.1, -0.05) is 13.8 Å². The highest BCUT2D eigenvalue weighted by atomic mass is 32.2. The quantitative estimate of drug-likeness (QED) is 0.916. The Kier molecular flexibility index (Phi) is 4.51. The molecule has 1 aromatic heterocycles. The number of nitrogens with zero attached hydrogens (tertiary/aromatic N) is 1. The number of sulfonamides is 1. The first-order chi connectivity index (χ1) is 9.27. The Labute approximate surface area is 123 Å². The van der Waals surface area contributed by atoms with Crippen LogP contribution in [0.25, 0.3) is 0 Å². The average molecular weight is 316 g/mol. The van der Waals surface area contributed by atoms with Crippen LogP contribution in [0, 0.1) is 11.8 Å². The first-order valence-electron chi connectivity index (χ1n) is 6.66. The number of likely N-dealkylation sites (tertiary alicyclic amines) is 1. The van der Waals surface area contributed by atoms with Crippen LogP contribution in [0.5, 0.6) is 0 Å². The molecule has 0 radical (unpaired) electrons. The van der Waals surface area contributed by atoms with Crippen LogP contribution in [-0.2, 0) is 21.2 Å². The van der Waals surface area contributed by atoms with Crippen LogP contribution in [0.3, 0.4) is 0 Å². The maximum absolute atomic E-state index is 12.2. The topological polar surface area (TPSA) is 80.5 Å². The second kappa shape index (κ2) is 5.83. The number of thiophene rings is 1. The van der Waals surface area contributed by atoms with E-state index in [9.17, 15) is 13.2 Å². The molecule has 1 aliphatic heterocycles. The molecule has 1 fully saturated rings. The molecule has 2 N–H and O–H groups in total. The van der Waals surface area contributed by atoms with E-state index in [1.165, 1.54) is 6.07 Å². The first-order valence-corrected chi connectivity index (χ1v) is 9.03. The Morgan fingerprint density at radius 3 is 2.65 bits per heavy atom. The molecule has 0 aliphatic carbocycles. The number of carbonyl (C=O) groups is 1. The van der Waals surface area contributed by atoms with Crippen molar-refractivity contribution in [3.8, 4) is 0 Å². The van der Waals surface area contributed by atoms with Crippen LogP contribution in [-0.4, -0.2) is 32.3 Å². The number of piperidine rings is 1. The molecule has 1 aromatic rings. The van der Waals surface area contributed by atoms with Crippen molar-refractivity contribution in [2.45, 2.75) is 30.9 Å². The fourth-order valence-electron chi connectivity index (χ4n) is 2.36. The van der Waals surface area contributed by atoms with Gasteiger partial charge < -0.3 is 4.90 Å². The minimum absolute atomic E-state index is 0.0616. The van der Waals surface area contributed by atoms with Gasteiger partial charge in [0.1, 0.15) is 4.21 Å². The number of carbonyl (C=O) groups excluding carboxylic acids is 1. The summed E-state index contributed by atoms with van der Waals surface area (Å²) >= 11 is 1.07. The van der Waals surface area contributed by atoms with E-state index in [2.05, 4.69) is 13.8 Å². The second-order valence-corrected chi connectivity index (χ2v) is 8.48. The van der Waals surface area contributed by atoms with E-state index in [1.807, 2.05) is 4.90 Å². The minimum Gasteiger partial charge on any atom is -0.342 e. The zero-order valence-electron chi connectivity index (χ0n) is 11.7. The lowest BCUT2D eigenvalue weighted by Gasteiger charge is -2.35. The van der Waals surface area contributed by atoms with Crippen molar-refractivity contribution < 1.29 is 13.2 Å². The van der Waals surface area contributed by atoms with Gasteiger partial charge >= 0.3 is 0 Å². The number of primary sulfonamides is 1. The highest BCUT2D eigenvalue weighted by Crippen LogP contribution is 2.25. The minimum atomic E-state index is -3.67. The van der Waals surface area contributed by atoms with Crippen LogP contribution in [0.2, 0.25) is 0 Å². The van der Waals surface area contributed by atoms with Gasteiger partial charge in [-0.3, -0.25) is 4.79 Å². The Hall–Kier alpha value is -0.920. The molecule has 7 heteroatoms. The molecule has 2 unspecified atom stereocenters. The molecule has 0 aromatic carbocycles. The standard InChI is InChI=1S/C13H20N2O3S2/c1-9-5-6-15(8-10(9)2)12(16)7-11-3-4-13(19-11)20(14,17)18/h3-4,9-10H,5-8H2,1-2H3,(H2,14,17,18). The van der Waals surface area contributed by atoms with Gasteiger partial charge in [0.25, 0.3) is 0 Å². The van der Waals surface area contributed by atoms with Crippen molar-refractivity contribution in [3.05, 3.63) is 17.0 Å². The smallest absolute Gasteiger partial charge is 0.247 e. The number of rotatable bonds is 3. The maximum atomic E-state index is 12.2. The van der Waals surface area contributed by atoms with Gasteiger partial charge in [-0.05, 0) is 30.4 Å². The third-order valence-corrected chi connectivity index (χ3v) is 6.45. The van der Waals surface area contributed by atoms with E-state index in [1.54, 1.807) is 6.07 Å². The van der Waals surface area contributed by atoms with Crippen molar-refractivity contribution in [1.82, 2.24) is 4.90 Å². The fraction of sp³-hybridized carbons (Fsp3) is 0.615. The SMILES string of the molecule is CC1CCN(C(=O)Cc2ccc(S(N)(=O)=O)s2)CC1C. The third-order valence-electron chi connectivity index (χ3n) is 3.93. The molecule has 1 aliphatic rings. The van der Waals surface area contributed by atoms with Gasteiger partial charge in [0.15, 0.2) is 0 Å². The fourth-order valence-corrected chi connectivity index (χ4v) is 4.13. The van der Waals surface area contributed by atoms with Crippen molar-refractivity contribution in [2.24, 2.45) is 17.0 Å². The molecule has 112 valence electrons. The van der Waals surface area contributed by atoms with Crippen molar-refractivity contribution >= 4 is 27.3 Å². The molecule has 20 heavy (non-hydrogen) atoms. The Morgan fingerprint density at radius 1 is 1.40 bits per heavy atom. The van der Waals surface area contributed by atoms with Crippen molar-refractivity contribution in [2.75, 3.05) is 13.1 Å². The maximum Gasteiger partial charge on any atom is 0.247 e. The van der Waals surface area contributed by atoms with Crippen LogP contribution in [0.15, 0.2) is 16.3 Å². The molecule has 1 amide bonds. The van der Waals surface area contributed by atoms with Crippen molar-refractivity contribution in [1.29, 1.82) is 0 Å². The molecule has 0 bridgehead atoms. The van der Waals surface area contributed by atoms with E-state index >= 15 is 0 Å². The Balaban J connectivity index is 2.00. The second-order valence-electron chi connectivity index (χ2n) is 5.53. The normalized spacial score (nSPS) is 23.9. The monoisotopic (exact) mass is 316 g/mol. The zero-order valence-corrected chi connectivity index (χ0v) is 13.3. The molecule has 2 heterocycles. The molecule has 1 saturated heterocycles. The van der Waals surface area contributed by atoms with E-state index in [-0.39, 0.29) is 16.5 Å². The summed E-state index contributed by atoms with van der Waals surface area (Å²) in [5, 5.41) is 5.06. The highest BCUT2D eigenvalue weighted by molar-refractivity contribution is 7.91. The average Bonchev–Trinajstić information content (AvgIpc) is 2.81. The van der Waals surface area contributed by atoms with E-state index < -0.39 is 10.0 Å². The number of hydrogen-bond donors (Lipinski definition) is 1. The number of nitrogens with two attached hydrogens (primary N) is 1. The summed E-state index contributed by atoms with van der Waals surface area (Å²) in [4.78, 5) is 14.8. The van der Waals surface area contributed by atoms with E-state index in [0.29, 0.717) is 11.8 Å². The summed E-state index contributed by atoms with van der Waals surface area (Å²) in [5.74, 6) is 1.22. The summed E-state index contributed by atoms with van der Waals surface area (Å²) in [6, 6.07) is 3.13. The molecule has 5 nitrogen and oxygen atoms in total. The molecule has 0 saturated carbocycles. The third kappa shape index (κ3) is 3.59. The highest BCUT2D eigenvalue weighted by Gasteiger charge is 2.26. The summed E-state index contributed by atoms with van der Waals surface area (Å²) in [6.45, 7) is 5.95. The van der Waals surface area contributed by atoms with Gasteiger partial charge in [-0.2, -0.15) is 0 Å². The predicted octanol–water partition coefficient (Wildman–Crippen LogP) is 1.44. The summed E-state index contributed by atoms with van der Waals surface area (Å²) < 4.78 is 22.5. The first kappa shape index (κ1) is 15.5. The lowest BCUT2D eigenvalue weighted by Crippen LogP contribution is -2.42. The lowest BCUT2D eigenvalue weighted by molar-refractivity contribution is -0.132. The summed E-state index contributed by atoms with van der Waals surface area (Å²) in [6.07, 6.45) is 1.28. The van der Waals surface area contributed by atoms with Gasteiger partial charge in [0, 0.05) is 18.0 Å². The summed E-state index contributed by atoms with van der Waals surface area (Å²) in [7, 11) is -3.67. The van der Waals surface area contributed by atoms with Crippen molar-refractivity contribution in [3.63, 3.8) is 0 Å². The molecule has 2 atom stereocenters. The molecule has 0 spiro atoms. The van der Waals surface area contributed by atoms with Gasteiger partial charge in [-0.15, -0.1) is 11.3 Å². The van der Waals surface area contributed by atoms with Crippen LogP contribution < -0.4 is 5.14 Å². The van der Waals surface area contributed by atoms with E-state index in [4.69, 9.17) is 5.14 Å². The lowest BCUT2D eigenvalue weighted by atomic mass is 9.88. The van der Waals surface area contributed by atoms with Crippen LogP contribution in [0.4, 0.5) is 0 Å². The number of amides is 1.